The number of fused-ring (bicyclic) bond motifs is 1. The highest BCUT2D eigenvalue weighted by molar-refractivity contribution is 6.02. The van der Waals surface area contributed by atoms with Crippen LogP contribution in [0, 0.1) is 17.5 Å². The summed E-state index contributed by atoms with van der Waals surface area (Å²) in [6.45, 7) is 0. The third-order valence-corrected chi connectivity index (χ3v) is 4.98. The van der Waals surface area contributed by atoms with Crippen LogP contribution < -0.4 is 25.4 Å². The molecule has 33 heavy (non-hydrogen) atoms. The summed E-state index contributed by atoms with van der Waals surface area (Å²) in [5.74, 6) is -5.66. The molecular formula is C22H19F3N4O4. The van der Waals surface area contributed by atoms with Crippen molar-refractivity contribution < 1.29 is 32.2 Å². The van der Waals surface area contributed by atoms with Crippen molar-refractivity contribution in [3.8, 4) is 17.2 Å². The number of nitrogens with zero attached hydrogens (tertiary/aromatic N) is 1. The first kappa shape index (κ1) is 22.2. The number of pyridine rings is 1. The molecule has 172 valence electrons. The lowest BCUT2D eigenvalue weighted by Crippen LogP contribution is -2.30. The van der Waals surface area contributed by atoms with Crippen molar-refractivity contribution in [2.45, 2.75) is 18.9 Å². The zero-order valence-corrected chi connectivity index (χ0v) is 17.6. The lowest BCUT2D eigenvalue weighted by Gasteiger charge is -2.15. The Bertz CT molecular complexity index is 1260. The fraction of sp³-hybridized carbons (Fsp3) is 0.227. The quantitative estimate of drug-likeness (QED) is 0.481. The number of carbonyl (C=O) groups excluding carboxylic acids is 2. The van der Waals surface area contributed by atoms with Gasteiger partial charge in [0, 0.05) is 36.8 Å². The van der Waals surface area contributed by atoms with Gasteiger partial charge in [-0.2, -0.15) is 4.39 Å². The number of halogens is 3. The van der Waals surface area contributed by atoms with Crippen molar-refractivity contribution in [3.05, 3.63) is 53.5 Å². The van der Waals surface area contributed by atoms with Crippen molar-refractivity contribution in [2.24, 2.45) is 0 Å². The molecule has 1 aromatic heterocycles. The van der Waals surface area contributed by atoms with Gasteiger partial charge in [-0.3, -0.25) is 9.78 Å². The minimum atomic E-state index is -1.62. The Labute approximate surface area is 186 Å². The molecule has 11 heteroatoms. The standard InChI is InChI=1S/C22H19F3N4O4/c1-26-21(30)12-7-11-14(9-17(12)32-2)27-6-5-16(11)33-20-13(23)8-15(18(24)19(20)25)29-22(31)28-10-3-4-10/h5-10H,3-4H2,1-2H3,(H,26,30)(H2,28,29,31). The summed E-state index contributed by atoms with van der Waals surface area (Å²) in [7, 11) is 2.81. The predicted octanol–water partition coefficient (Wildman–Crippen LogP) is 4.10. The average Bonchev–Trinajstić information content (AvgIpc) is 3.62. The Morgan fingerprint density at radius 1 is 1.09 bits per heavy atom. The first-order valence-corrected chi connectivity index (χ1v) is 9.94. The number of benzene rings is 2. The molecule has 3 N–H and O–H groups in total. The second-order valence-electron chi connectivity index (χ2n) is 7.30. The summed E-state index contributed by atoms with van der Waals surface area (Å²) >= 11 is 0. The van der Waals surface area contributed by atoms with Crippen LogP contribution in [0.1, 0.15) is 23.2 Å². The summed E-state index contributed by atoms with van der Waals surface area (Å²) in [6.07, 6.45) is 2.90. The minimum absolute atomic E-state index is 0.0244. The molecular weight excluding hydrogens is 441 g/mol. The number of aromatic nitrogens is 1. The second kappa shape index (κ2) is 8.85. The van der Waals surface area contributed by atoms with Crippen LogP contribution in [0.5, 0.6) is 17.2 Å². The largest absolute Gasteiger partial charge is 0.496 e. The van der Waals surface area contributed by atoms with Gasteiger partial charge in [-0.25, -0.2) is 13.6 Å². The van der Waals surface area contributed by atoms with Gasteiger partial charge in [0.25, 0.3) is 5.91 Å². The molecule has 0 radical (unpaired) electrons. The molecule has 3 aromatic rings. The molecule has 0 aliphatic heterocycles. The van der Waals surface area contributed by atoms with Gasteiger partial charge in [-0.05, 0) is 25.0 Å². The second-order valence-corrected chi connectivity index (χ2v) is 7.30. The predicted molar refractivity (Wildman–Crippen MR) is 113 cm³/mol. The number of amides is 3. The minimum Gasteiger partial charge on any atom is -0.496 e. The molecule has 1 saturated carbocycles. The van der Waals surface area contributed by atoms with Crippen LogP contribution in [0.2, 0.25) is 0 Å². The van der Waals surface area contributed by atoms with Crippen molar-refractivity contribution in [1.82, 2.24) is 15.6 Å². The molecule has 0 bridgehead atoms. The maximum atomic E-state index is 14.7. The number of carbonyl (C=O) groups is 2. The number of hydrogen-bond donors (Lipinski definition) is 3. The Balaban J connectivity index is 1.71. The first-order chi connectivity index (χ1) is 15.8. The number of anilines is 1. The fourth-order valence-electron chi connectivity index (χ4n) is 3.16. The highest BCUT2D eigenvalue weighted by Crippen LogP contribution is 2.37. The van der Waals surface area contributed by atoms with E-state index in [-0.39, 0.29) is 28.5 Å². The molecule has 1 heterocycles. The Morgan fingerprint density at radius 3 is 2.52 bits per heavy atom. The molecule has 8 nitrogen and oxygen atoms in total. The Hall–Kier alpha value is -4.02. The smallest absolute Gasteiger partial charge is 0.319 e. The van der Waals surface area contributed by atoms with Gasteiger partial charge in [0.05, 0.1) is 23.9 Å². The summed E-state index contributed by atoms with van der Waals surface area (Å²) in [5.41, 5.74) is -0.214. The Kier molecular flexibility index (Phi) is 5.95. The highest BCUT2D eigenvalue weighted by Gasteiger charge is 2.26. The summed E-state index contributed by atoms with van der Waals surface area (Å²) in [5, 5.41) is 7.32. The molecule has 0 unspecified atom stereocenters. The Morgan fingerprint density at radius 2 is 1.85 bits per heavy atom. The van der Waals surface area contributed by atoms with Gasteiger partial charge in [0.1, 0.15) is 11.5 Å². The van der Waals surface area contributed by atoms with Crippen molar-refractivity contribution in [1.29, 1.82) is 0 Å². The van der Waals surface area contributed by atoms with E-state index in [0.717, 1.165) is 12.8 Å². The van der Waals surface area contributed by atoms with Gasteiger partial charge in [-0.15, -0.1) is 0 Å². The molecule has 0 spiro atoms. The number of nitrogens with one attached hydrogen (secondary N) is 3. The molecule has 4 rings (SSSR count). The number of rotatable bonds is 6. The number of methoxy groups -OCH3 is 1. The van der Waals surface area contributed by atoms with Crippen LogP contribution >= 0.6 is 0 Å². The molecule has 1 fully saturated rings. The van der Waals surface area contributed by atoms with E-state index in [9.17, 15) is 22.8 Å². The van der Waals surface area contributed by atoms with Gasteiger partial charge >= 0.3 is 6.03 Å². The van der Waals surface area contributed by atoms with Crippen LogP contribution in [0.3, 0.4) is 0 Å². The van der Waals surface area contributed by atoms with E-state index in [2.05, 4.69) is 20.9 Å². The van der Waals surface area contributed by atoms with E-state index in [0.29, 0.717) is 11.6 Å². The number of urea groups is 1. The normalized spacial score (nSPS) is 12.9. The molecule has 2 aromatic carbocycles. The van der Waals surface area contributed by atoms with Gasteiger partial charge in [0.15, 0.2) is 11.6 Å². The van der Waals surface area contributed by atoms with Crippen LogP contribution in [-0.4, -0.2) is 37.1 Å². The maximum absolute atomic E-state index is 14.7. The van der Waals surface area contributed by atoms with E-state index >= 15 is 0 Å². The maximum Gasteiger partial charge on any atom is 0.319 e. The topological polar surface area (TPSA) is 102 Å². The van der Waals surface area contributed by atoms with E-state index in [1.54, 1.807) is 0 Å². The summed E-state index contributed by atoms with van der Waals surface area (Å²) in [4.78, 5) is 28.2. The zero-order chi connectivity index (χ0) is 23.7. The van der Waals surface area contributed by atoms with Gasteiger partial charge in [0.2, 0.25) is 11.6 Å². The molecule has 3 amide bonds. The van der Waals surface area contributed by atoms with E-state index in [1.807, 2.05) is 0 Å². The monoisotopic (exact) mass is 460 g/mol. The molecule has 0 atom stereocenters. The van der Waals surface area contributed by atoms with Gasteiger partial charge in [-0.1, -0.05) is 0 Å². The van der Waals surface area contributed by atoms with Crippen molar-refractivity contribution >= 4 is 28.5 Å². The zero-order valence-electron chi connectivity index (χ0n) is 17.6. The van der Waals surface area contributed by atoms with E-state index in [4.69, 9.17) is 9.47 Å². The first-order valence-electron chi connectivity index (χ1n) is 9.94. The van der Waals surface area contributed by atoms with Crippen molar-refractivity contribution in [2.75, 3.05) is 19.5 Å². The highest BCUT2D eigenvalue weighted by atomic mass is 19.2. The third-order valence-electron chi connectivity index (χ3n) is 4.98. The van der Waals surface area contributed by atoms with Crippen LogP contribution in [0.25, 0.3) is 10.9 Å². The molecule has 0 saturated heterocycles. The SMILES string of the molecule is CNC(=O)c1cc2c(Oc3c(F)cc(NC(=O)NC4CC4)c(F)c3F)ccnc2cc1OC. The van der Waals surface area contributed by atoms with Crippen molar-refractivity contribution in [3.63, 3.8) is 0 Å². The number of hydrogen-bond acceptors (Lipinski definition) is 5. The van der Waals surface area contributed by atoms with E-state index < -0.39 is 40.8 Å². The summed E-state index contributed by atoms with van der Waals surface area (Å²) < 4.78 is 54.5. The number of ether oxygens (including phenoxy) is 2. The lowest BCUT2D eigenvalue weighted by molar-refractivity contribution is 0.0960. The molecule has 1 aliphatic carbocycles. The summed E-state index contributed by atoms with van der Waals surface area (Å²) in [6, 6.07) is 4.01. The van der Waals surface area contributed by atoms with Crippen LogP contribution in [-0.2, 0) is 0 Å². The van der Waals surface area contributed by atoms with E-state index in [1.165, 1.54) is 38.6 Å². The lowest BCUT2D eigenvalue weighted by atomic mass is 10.1. The molecule has 1 aliphatic rings. The van der Waals surface area contributed by atoms with Crippen LogP contribution in [0.15, 0.2) is 30.5 Å². The van der Waals surface area contributed by atoms with Gasteiger partial charge < -0.3 is 25.4 Å². The third kappa shape index (κ3) is 4.47. The fourth-order valence-corrected chi connectivity index (χ4v) is 3.16. The van der Waals surface area contributed by atoms with Crippen LogP contribution in [0.4, 0.5) is 23.7 Å². The average molecular weight is 460 g/mol.